The van der Waals surface area contributed by atoms with Gasteiger partial charge in [0, 0.05) is 39.7 Å². The van der Waals surface area contributed by atoms with Gasteiger partial charge in [0.25, 0.3) is 0 Å². The lowest BCUT2D eigenvalue weighted by Gasteiger charge is -2.41. The number of hydrogen-bond acceptors (Lipinski definition) is 10. The Kier molecular flexibility index (Phi) is 10.0. The van der Waals surface area contributed by atoms with Gasteiger partial charge in [0.1, 0.15) is 23.4 Å². The number of phenols is 3. The zero-order valence-electron chi connectivity index (χ0n) is 28.7. The van der Waals surface area contributed by atoms with Crippen molar-refractivity contribution in [1.82, 2.24) is 0 Å². The van der Waals surface area contributed by atoms with Crippen molar-refractivity contribution in [2.75, 3.05) is 26.6 Å². The molecule has 4 N–H and O–H groups in total. The molecule has 1 saturated carbocycles. The molecule has 0 radical (unpaired) electrons. The molecule has 2 aliphatic heterocycles. The molecular formula is C39H48O8S2. The molecule has 1 fully saturated rings. The fraction of sp³-hybridized carbons (Fsp3) is 0.538. The highest BCUT2D eigenvalue weighted by molar-refractivity contribution is 8.76. The summed E-state index contributed by atoms with van der Waals surface area (Å²) in [4.78, 5) is 0. The predicted molar refractivity (Wildman–Crippen MR) is 195 cm³/mol. The van der Waals surface area contributed by atoms with Crippen molar-refractivity contribution in [2.24, 2.45) is 11.8 Å². The molecule has 0 amide bonds. The van der Waals surface area contributed by atoms with Crippen LogP contribution in [0, 0.1) is 11.8 Å². The van der Waals surface area contributed by atoms with Gasteiger partial charge in [0.15, 0.2) is 17.6 Å². The van der Waals surface area contributed by atoms with Gasteiger partial charge in [-0.2, -0.15) is 0 Å². The van der Waals surface area contributed by atoms with Crippen LogP contribution in [-0.2, 0) is 6.42 Å². The van der Waals surface area contributed by atoms with Crippen LogP contribution in [0.5, 0.6) is 40.2 Å². The monoisotopic (exact) mass is 708 g/mol. The van der Waals surface area contributed by atoms with E-state index in [1.807, 2.05) is 39.8 Å². The second kappa shape index (κ2) is 14.3. The molecule has 4 bridgehead atoms. The van der Waals surface area contributed by atoms with Crippen LogP contribution in [0.2, 0.25) is 0 Å². The van der Waals surface area contributed by atoms with Gasteiger partial charge >= 0.3 is 0 Å². The molecule has 2 aliphatic carbocycles. The second-order valence-corrected chi connectivity index (χ2v) is 17.2. The van der Waals surface area contributed by atoms with E-state index in [2.05, 4.69) is 13.8 Å². The van der Waals surface area contributed by atoms with Crippen LogP contribution in [0.25, 0.3) is 11.1 Å². The summed E-state index contributed by atoms with van der Waals surface area (Å²) in [5, 5.41) is 46.0. The molecule has 0 spiro atoms. The first kappa shape index (κ1) is 34.4. The van der Waals surface area contributed by atoms with E-state index in [0.29, 0.717) is 46.5 Å². The maximum Gasteiger partial charge on any atom is 0.207 e. The fourth-order valence-corrected chi connectivity index (χ4v) is 11.6. The van der Waals surface area contributed by atoms with Gasteiger partial charge in [-0.15, -0.1) is 0 Å². The van der Waals surface area contributed by atoms with Gasteiger partial charge in [0.2, 0.25) is 11.5 Å². The minimum Gasteiger partial charge on any atom is -0.508 e. The van der Waals surface area contributed by atoms with Crippen LogP contribution in [0.15, 0.2) is 30.3 Å². The highest BCUT2D eigenvalue weighted by Gasteiger charge is 2.45. The van der Waals surface area contributed by atoms with Crippen molar-refractivity contribution in [3.8, 4) is 51.4 Å². The van der Waals surface area contributed by atoms with Gasteiger partial charge in [-0.25, -0.2) is 0 Å². The third-order valence-electron chi connectivity index (χ3n) is 11.0. The number of aliphatic hydroxyl groups is 1. The number of ether oxygens (including phenoxy) is 4. The highest BCUT2D eigenvalue weighted by atomic mass is 33.1. The molecule has 6 atom stereocenters. The summed E-state index contributed by atoms with van der Waals surface area (Å²) in [6.45, 7) is 4.57. The molecule has 0 unspecified atom stereocenters. The number of phenolic OH excluding ortho intramolecular Hbond substituents is 3. The number of benzene rings is 3. The molecule has 2 heterocycles. The Bertz CT molecular complexity index is 1690. The molecule has 0 saturated heterocycles. The van der Waals surface area contributed by atoms with Gasteiger partial charge in [-0.05, 0) is 91.2 Å². The van der Waals surface area contributed by atoms with E-state index in [0.717, 1.165) is 53.5 Å². The van der Waals surface area contributed by atoms with Gasteiger partial charge in [-0.1, -0.05) is 54.3 Å². The van der Waals surface area contributed by atoms with Crippen LogP contribution in [0.3, 0.4) is 0 Å². The number of aliphatic hydroxyl groups excluding tert-OH is 1. The van der Waals surface area contributed by atoms with Crippen molar-refractivity contribution in [2.45, 2.75) is 94.5 Å². The van der Waals surface area contributed by atoms with Crippen molar-refractivity contribution < 1.29 is 39.4 Å². The molecule has 3 aromatic rings. The molecule has 10 heteroatoms. The number of methoxy groups -OCH3 is 2. The largest absolute Gasteiger partial charge is 0.508 e. The third kappa shape index (κ3) is 6.49. The van der Waals surface area contributed by atoms with Crippen LogP contribution >= 0.6 is 21.6 Å². The Hall–Kier alpha value is -3.08. The summed E-state index contributed by atoms with van der Waals surface area (Å²) in [6, 6.07) is 9.16. The SMILES string of the molecule is COc1cc2c3c4c1-c1ccc(O)cc1[C@H](CC[C@H]1CCC[C@H](C1)SSC[C@H]3[C@@H](O)[C@H](c1cc(OCCC(C)C)c(O)c(OC)c1O)O2)C4. The summed E-state index contributed by atoms with van der Waals surface area (Å²) in [6.07, 6.45) is 6.63. The van der Waals surface area contributed by atoms with Crippen molar-refractivity contribution in [1.29, 1.82) is 0 Å². The first-order valence-corrected chi connectivity index (χ1v) is 20.0. The van der Waals surface area contributed by atoms with Crippen molar-refractivity contribution >= 4 is 21.6 Å². The summed E-state index contributed by atoms with van der Waals surface area (Å²) in [5.41, 5.74) is 5.60. The molecule has 7 rings (SSSR count). The van der Waals surface area contributed by atoms with E-state index in [1.54, 1.807) is 19.2 Å². The molecule has 264 valence electrons. The molecule has 4 aliphatic rings. The summed E-state index contributed by atoms with van der Waals surface area (Å²) >= 11 is 0. The number of hydrogen-bond donors (Lipinski definition) is 4. The van der Waals surface area contributed by atoms with Crippen LogP contribution in [-0.4, -0.2) is 58.4 Å². The Balaban J connectivity index is 1.37. The summed E-state index contributed by atoms with van der Waals surface area (Å²) < 4.78 is 24.2. The Morgan fingerprint density at radius 3 is 2.55 bits per heavy atom. The maximum absolute atomic E-state index is 12.4. The highest BCUT2D eigenvalue weighted by Crippen LogP contribution is 2.58. The first-order valence-electron chi connectivity index (χ1n) is 17.6. The lowest BCUT2D eigenvalue weighted by Crippen LogP contribution is -2.37. The van der Waals surface area contributed by atoms with E-state index < -0.39 is 12.2 Å². The number of aromatic hydroxyl groups is 3. The Morgan fingerprint density at radius 2 is 1.78 bits per heavy atom. The third-order valence-corrected chi connectivity index (χ3v) is 13.9. The minimum atomic E-state index is -1.02. The normalized spacial score (nSPS) is 26.0. The predicted octanol–water partition coefficient (Wildman–Crippen LogP) is 8.86. The molecular weight excluding hydrogens is 661 g/mol. The topological polar surface area (TPSA) is 118 Å². The summed E-state index contributed by atoms with van der Waals surface area (Å²) in [5.74, 6) is 2.65. The van der Waals surface area contributed by atoms with Gasteiger partial charge < -0.3 is 39.4 Å². The van der Waals surface area contributed by atoms with Crippen LogP contribution < -0.4 is 18.9 Å². The average Bonchev–Trinajstić information content (AvgIpc) is 3.09. The molecule has 0 aromatic heterocycles. The smallest absolute Gasteiger partial charge is 0.207 e. The van der Waals surface area contributed by atoms with Crippen molar-refractivity contribution in [3.05, 3.63) is 52.6 Å². The maximum atomic E-state index is 12.4. The minimum absolute atomic E-state index is 0.115. The number of fused-ring (bicyclic) bond motifs is 6. The van der Waals surface area contributed by atoms with Gasteiger partial charge in [-0.3, -0.25) is 0 Å². The van der Waals surface area contributed by atoms with Crippen LogP contribution in [0.1, 0.15) is 99.0 Å². The zero-order valence-corrected chi connectivity index (χ0v) is 30.4. The van der Waals surface area contributed by atoms with E-state index in [9.17, 15) is 20.4 Å². The van der Waals surface area contributed by atoms with Crippen molar-refractivity contribution in [3.63, 3.8) is 0 Å². The Labute approximate surface area is 296 Å². The molecule has 3 aromatic carbocycles. The van der Waals surface area contributed by atoms with Gasteiger partial charge in [0.05, 0.1) is 20.8 Å². The molecule has 8 nitrogen and oxygen atoms in total. The first-order chi connectivity index (χ1) is 23.7. The van der Waals surface area contributed by atoms with Crippen LogP contribution in [0.4, 0.5) is 0 Å². The zero-order chi connectivity index (χ0) is 34.4. The Morgan fingerprint density at radius 1 is 0.939 bits per heavy atom. The second-order valence-electron chi connectivity index (χ2n) is 14.5. The van der Waals surface area contributed by atoms with E-state index >= 15 is 0 Å². The number of rotatable bonds is 7. The lowest BCUT2D eigenvalue weighted by molar-refractivity contribution is 0.00296. The van der Waals surface area contributed by atoms with E-state index in [-0.39, 0.29) is 40.6 Å². The fourth-order valence-electron chi connectivity index (χ4n) is 8.42. The van der Waals surface area contributed by atoms with E-state index in [1.165, 1.54) is 32.8 Å². The van der Waals surface area contributed by atoms with E-state index in [4.69, 9.17) is 18.9 Å². The summed E-state index contributed by atoms with van der Waals surface area (Å²) in [7, 11) is 6.81. The quantitative estimate of drug-likeness (QED) is 0.177. The lowest BCUT2D eigenvalue weighted by atomic mass is 9.71. The molecule has 49 heavy (non-hydrogen) atoms. The average molecular weight is 709 g/mol. The standard InChI is InChI=1S/C39H48O8S2/c1-20(2)12-13-46-32-17-28(35(41)39(45-4)37(32)43)38-36(42)29-19-48-49-24-7-5-6-21(14-24)8-9-22-15-27-33(25-11-10-23(40)16-26(22)25)30(44-3)18-31(47-38)34(27)29/h10-11,16-18,20-22,24,29,36,38,40-43H,5-9,12-15,19H2,1-4H3/t21-,22-,24-,29-,36-,38+/m1/s1.